The van der Waals surface area contributed by atoms with Gasteiger partial charge in [-0.05, 0) is 30.5 Å². The van der Waals surface area contributed by atoms with Crippen LogP contribution in [0.3, 0.4) is 0 Å². The number of aromatic amines is 1. The molecule has 0 radical (unpaired) electrons. The molecule has 0 unspecified atom stereocenters. The predicted molar refractivity (Wildman–Crippen MR) is 82.9 cm³/mol. The zero-order valence-electron chi connectivity index (χ0n) is 12.7. The van der Waals surface area contributed by atoms with Crippen LogP contribution in [-0.4, -0.2) is 28.0 Å². The molecule has 2 rings (SSSR count). The maximum absolute atomic E-state index is 13.3. The topological polar surface area (TPSA) is 99.3 Å². The van der Waals surface area contributed by atoms with Crippen molar-refractivity contribution < 1.29 is 19.1 Å². The fraction of sp³-hybridized carbons (Fsp3) is 0.312. The van der Waals surface area contributed by atoms with Gasteiger partial charge in [0.05, 0.1) is 11.1 Å². The number of fused-ring (bicyclic) bond motifs is 1. The Morgan fingerprint density at radius 2 is 2.00 bits per heavy atom. The molecule has 3 N–H and O–H groups in total. The zero-order valence-corrected chi connectivity index (χ0v) is 12.7. The largest absolute Gasteiger partial charge is 0.480 e. The third kappa shape index (κ3) is 3.94. The number of aliphatic carboxylic acids is 1. The molecule has 122 valence electrons. The highest BCUT2D eigenvalue weighted by Gasteiger charge is 2.23. The van der Waals surface area contributed by atoms with Crippen LogP contribution in [-0.2, 0) is 4.79 Å². The lowest BCUT2D eigenvalue weighted by molar-refractivity contribution is -0.139. The number of carboxylic acids is 1. The van der Waals surface area contributed by atoms with E-state index in [2.05, 4.69) is 10.3 Å². The fourth-order valence-corrected chi connectivity index (χ4v) is 2.35. The first-order valence-corrected chi connectivity index (χ1v) is 7.14. The lowest BCUT2D eigenvalue weighted by Gasteiger charge is -2.17. The van der Waals surface area contributed by atoms with Gasteiger partial charge >= 0.3 is 5.97 Å². The molecule has 0 aliphatic heterocycles. The molecule has 0 saturated heterocycles. The molecule has 1 amide bonds. The van der Waals surface area contributed by atoms with Crippen molar-refractivity contribution in [1.29, 1.82) is 0 Å². The van der Waals surface area contributed by atoms with Crippen molar-refractivity contribution in [2.45, 2.75) is 26.3 Å². The molecular formula is C16H17FN2O4. The number of aromatic nitrogens is 1. The Bertz CT molecular complexity index is 813. The second-order valence-electron chi connectivity index (χ2n) is 5.73. The van der Waals surface area contributed by atoms with Crippen molar-refractivity contribution in [3.05, 3.63) is 46.0 Å². The van der Waals surface area contributed by atoms with E-state index >= 15 is 0 Å². The highest BCUT2D eigenvalue weighted by Crippen LogP contribution is 2.17. The number of halogens is 1. The summed E-state index contributed by atoms with van der Waals surface area (Å²) < 4.78 is 13.3. The molecule has 1 aromatic heterocycles. The second-order valence-corrected chi connectivity index (χ2v) is 5.73. The molecule has 1 heterocycles. The molecule has 0 fully saturated rings. The number of rotatable bonds is 5. The number of carboxylic acid groups (broad SMARTS) is 1. The van der Waals surface area contributed by atoms with Crippen LogP contribution in [0.1, 0.15) is 30.6 Å². The Morgan fingerprint density at radius 3 is 2.61 bits per heavy atom. The summed E-state index contributed by atoms with van der Waals surface area (Å²) in [5.41, 5.74) is -0.374. The summed E-state index contributed by atoms with van der Waals surface area (Å²) in [5, 5.41) is 11.9. The molecule has 2 aromatic rings. The van der Waals surface area contributed by atoms with Gasteiger partial charge in [-0.15, -0.1) is 0 Å². The number of hydrogen-bond donors (Lipinski definition) is 3. The zero-order chi connectivity index (χ0) is 17.1. The van der Waals surface area contributed by atoms with E-state index in [0.29, 0.717) is 5.39 Å². The minimum Gasteiger partial charge on any atom is -0.480 e. The predicted octanol–water partition coefficient (Wildman–Crippen LogP) is 1.90. The molecule has 0 aliphatic carbocycles. The molecule has 1 aromatic carbocycles. The van der Waals surface area contributed by atoms with E-state index in [-0.39, 0.29) is 23.4 Å². The van der Waals surface area contributed by atoms with E-state index in [1.54, 1.807) is 0 Å². The summed E-state index contributed by atoms with van der Waals surface area (Å²) in [4.78, 5) is 37.7. The lowest BCUT2D eigenvalue weighted by Crippen LogP contribution is -2.42. The number of amides is 1. The molecule has 6 nitrogen and oxygen atoms in total. The average Bonchev–Trinajstić information content (AvgIpc) is 2.44. The molecule has 7 heteroatoms. The third-order valence-corrected chi connectivity index (χ3v) is 3.36. The van der Waals surface area contributed by atoms with Gasteiger partial charge in [0.15, 0.2) is 0 Å². The van der Waals surface area contributed by atoms with Crippen LogP contribution >= 0.6 is 0 Å². The monoisotopic (exact) mass is 320 g/mol. The van der Waals surface area contributed by atoms with Crippen LogP contribution in [0.2, 0.25) is 0 Å². The van der Waals surface area contributed by atoms with E-state index in [4.69, 9.17) is 0 Å². The highest BCUT2D eigenvalue weighted by molar-refractivity contribution is 6.06. The Labute approximate surface area is 131 Å². The first kappa shape index (κ1) is 16.7. The Balaban J connectivity index is 2.40. The summed E-state index contributed by atoms with van der Waals surface area (Å²) in [7, 11) is 0. The van der Waals surface area contributed by atoms with Crippen LogP contribution < -0.4 is 10.9 Å². The molecule has 0 bridgehead atoms. The van der Waals surface area contributed by atoms with E-state index in [9.17, 15) is 23.9 Å². The van der Waals surface area contributed by atoms with Gasteiger partial charge in [0.25, 0.3) is 5.91 Å². The summed E-state index contributed by atoms with van der Waals surface area (Å²) in [6, 6.07) is 3.66. The number of H-pyrrole nitrogens is 1. The smallest absolute Gasteiger partial charge is 0.326 e. The first-order chi connectivity index (χ1) is 10.8. The van der Waals surface area contributed by atoms with E-state index in [1.807, 2.05) is 13.8 Å². The number of nitrogens with one attached hydrogen (secondary N) is 2. The number of carbonyl (C=O) groups is 2. The maximum atomic E-state index is 13.3. The van der Waals surface area contributed by atoms with Gasteiger partial charge < -0.3 is 15.4 Å². The van der Waals surface area contributed by atoms with Gasteiger partial charge in [0.2, 0.25) is 5.56 Å². The van der Waals surface area contributed by atoms with E-state index < -0.39 is 29.3 Å². The molecular weight excluding hydrogens is 303 g/mol. The molecule has 0 aliphatic rings. The van der Waals surface area contributed by atoms with Gasteiger partial charge in [0, 0.05) is 11.5 Å². The Kier molecular flexibility index (Phi) is 4.78. The van der Waals surface area contributed by atoms with Crippen molar-refractivity contribution in [2.75, 3.05) is 0 Å². The van der Waals surface area contributed by atoms with Gasteiger partial charge in [-0.25, -0.2) is 9.18 Å². The van der Waals surface area contributed by atoms with Crippen LogP contribution in [0.4, 0.5) is 4.39 Å². The standard InChI is InChI=1S/C16H17FN2O4/c1-8(2)5-13(16(22)23)19-15(21)11-7-14(20)18-12-6-9(17)3-4-10(11)12/h3-4,6-8,13H,5H2,1-2H3,(H,18,20)(H,19,21)(H,22,23)/t13-/m0/s1. The number of pyridine rings is 1. The Hall–Kier alpha value is -2.70. The summed E-state index contributed by atoms with van der Waals surface area (Å²) >= 11 is 0. The molecule has 0 spiro atoms. The van der Waals surface area contributed by atoms with Crippen molar-refractivity contribution in [1.82, 2.24) is 10.3 Å². The fourth-order valence-electron chi connectivity index (χ4n) is 2.35. The van der Waals surface area contributed by atoms with Crippen LogP contribution in [0.25, 0.3) is 10.9 Å². The summed E-state index contributed by atoms with van der Waals surface area (Å²) in [6.07, 6.45) is 0.261. The number of carbonyl (C=O) groups excluding carboxylic acids is 1. The van der Waals surface area contributed by atoms with Gasteiger partial charge in [-0.1, -0.05) is 13.8 Å². The van der Waals surface area contributed by atoms with Crippen LogP contribution in [0.15, 0.2) is 29.1 Å². The highest BCUT2D eigenvalue weighted by atomic mass is 19.1. The van der Waals surface area contributed by atoms with Crippen molar-refractivity contribution in [3.8, 4) is 0 Å². The van der Waals surface area contributed by atoms with Crippen molar-refractivity contribution in [2.24, 2.45) is 5.92 Å². The van der Waals surface area contributed by atoms with E-state index in [1.165, 1.54) is 12.1 Å². The summed E-state index contributed by atoms with van der Waals surface area (Å²) in [5.74, 6) is -2.30. The SMILES string of the molecule is CC(C)C[C@H](NC(=O)c1cc(=O)[nH]c2cc(F)ccc12)C(=O)O. The van der Waals surface area contributed by atoms with Gasteiger partial charge in [-0.3, -0.25) is 9.59 Å². The molecule has 1 atom stereocenters. The lowest BCUT2D eigenvalue weighted by atomic mass is 10.0. The normalized spacial score (nSPS) is 12.3. The minimum atomic E-state index is -1.15. The Morgan fingerprint density at radius 1 is 1.30 bits per heavy atom. The van der Waals surface area contributed by atoms with Crippen molar-refractivity contribution in [3.63, 3.8) is 0 Å². The summed E-state index contributed by atoms with van der Waals surface area (Å²) in [6.45, 7) is 3.68. The molecule has 23 heavy (non-hydrogen) atoms. The first-order valence-electron chi connectivity index (χ1n) is 7.14. The number of hydrogen-bond acceptors (Lipinski definition) is 3. The number of benzene rings is 1. The van der Waals surface area contributed by atoms with Crippen LogP contribution in [0.5, 0.6) is 0 Å². The third-order valence-electron chi connectivity index (χ3n) is 3.36. The van der Waals surface area contributed by atoms with E-state index in [0.717, 1.165) is 12.1 Å². The van der Waals surface area contributed by atoms with Gasteiger partial charge in [-0.2, -0.15) is 0 Å². The van der Waals surface area contributed by atoms with Crippen LogP contribution in [0, 0.1) is 11.7 Å². The second kappa shape index (κ2) is 6.60. The molecule has 0 saturated carbocycles. The maximum Gasteiger partial charge on any atom is 0.326 e. The average molecular weight is 320 g/mol. The minimum absolute atomic E-state index is 0.0127. The van der Waals surface area contributed by atoms with Crippen molar-refractivity contribution >= 4 is 22.8 Å². The quantitative estimate of drug-likeness (QED) is 0.783. The van der Waals surface area contributed by atoms with Gasteiger partial charge in [0.1, 0.15) is 11.9 Å².